The van der Waals surface area contributed by atoms with Gasteiger partial charge < -0.3 is 20.4 Å². The topological polar surface area (TPSA) is 124 Å². The maximum absolute atomic E-state index is 12.7. The quantitative estimate of drug-likeness (QED) is 0.141. The van der Waals surface area contributed by atoms with Crippen LogP contribution in [0.2, 0.25) is 0 Å². The Kier molecular flexibility index (Phi) is 16.4. The minimum absolute atomic E-state index is 0.0370. The molecular weight excluding hydrogens is 544 g/mol. The number of benzene rings is 1. The smallest absolute Gasteiger partial charge is 0.338 e. The summed E-state index contributed by atoms with van der Waals surface area (Å²) in [4.78, 5) is 42.4. The highest BCUT2D eigenvalue weighted by Gasteiger charge is 2.24. The first kappa shape index (κ1) is 34.2. The number of hydrogen-bond donors (Lipinski definition) is 3. The zero-order valence-corrected chi connectivity index (χ0v) is 26.3. The maximum atomic E-state index is 12.7. The van der Waals surface area contributed by atoms with Crippen molar-refractivity contribution in [3.8, 4) is 0 Å². The monoisotopic (exact) mass is 598 g/mol. The standard InChI is InChI=1S/C33H54N6O4/c1-2-3-4-5-6-7-8-9-10-11-12-13-14-15-16-17-22-34-31(40)38-23-25-39(26-24-38)32(41)35-29-20-18-28(19-21-29)27-30-36-33(42)43-37-30/h18-21H,2-17,22-27H2,1H3,(H,34,40)(H,35,41)(H,36,37,42). The molecular formula is C33H54N6O4. The highest BCUT2D eigenvalue weighted by atomic mass is 16.5. The highest BCUT2D eigenvalue weighted by Crippen LogP contribution is 2.15. The molecule has 0 unspecified atom stereocenters. The van der Waals surface area contributed by atoms with Crippen LogP contribution < -0.4 is 16.4 Å². The molecule has 1 fully saturated rings. The van der Waals surface area contributed by atoms with Crippen molar-refractivity contribution in [3.63, 3.8) is 0 Å². The van der Waals surface area contributed by atoms with Gasteiger partial charge in [-0.3, -0.25) is 9.51 Å². The average Bonchev–Trinajstić information content (AvgIpc) is 3.43. The van der Waals surface area contributed by atoms with E-state index in [0.717, 1.165) is 18.4 Å². The van der Waals surface area contributed by atoms with Crippen molar-refractivity contribution < 1.29 is 14.1 Å². The SMILES string of the molecule is CCCCCCCCCCCCCCCCCCNC(=O)N1CCN(C(=O)Nc2ccc(Cc3noc(=O)[nH]3)cc2)CC1. The predicted octanol–water partition coefficient (Wildman–Crippen LogP) is 7.07. The number of carbonyl (C=O) groups excluding carboxylic acids is 2. The Balaban J connectivity index is 1.14. The van der Waals surface area contributed by atoms with E-state index in [1.54, 1.807) is 9.80 Å². The van der Waals surface area contributed by atoms with Gasteiger partial charge in [0.05, 0.1) is 0 Å². The van der Waals surface area contributed by atoms with Crippen LogP contribution in [-0.2, 0) is 6.42 Å². The molecule has 0 saturated carbocycles. The van der Waals surface area contributed by atoms with Crippen molar-refractivity contribution in [1.82, 2.24) is 25.3 Å². The Bertz CT molecular complexity index is 1090. The molecule has 4 amide bonds. The molecule has 0 aliphatic carbocycles. The fraction of sp³-hybridized carbons (Fsp3) is 0.697. The number of carbonyl (C=O) groups is 2. The molecule has 10 heteroatoms. The van der Waals surface area contributed by atoms with Gasteiger partial charge in [-0.1, -0.05) is 121 Å². The summed E-state index contributed by atoms with van der Waals surface area (Å²) < 4.78 is 4.52. The lowest BCUT2D eigenvalue weighted by Crippen LogP contribution is -2.54. The third-order valence-corrected chi connectivity index (χ3v) is 8.22. The molecule has 1 saturated heterocycles. The number of piperazine rings is 1. The number of nitrogens with zero attached hydrogens (tertiary/aromatic N) is 3. The van der Waals surface area contributed by atoms with E-state index < -0.39 is 5.76 Å². The molecule has 1 aliphatic rings. The lowest BCUT2D eigenvalue weighted by Gasteiger charge is -2.34. The van der Waals surface area contributed by atoms with Crippen LogP contribution in [0.4, 0.5) is 15.3 Å². The molecule has 1 aromatic carbocycles. The maximum Gasteiger partial charge on any atom is 0.438 e. The summed E-state index contributed by atoms with van der Waals surface area (Å²) in [6, 6.07) is 7.14. The van der Waals surface area contributed by atoms with Crippen molar-refractivity contribution in [1.29, 1.82) is 0 Å². The summed E-state index contributed by atoms with van der Waals surface area (Å²) in [7, 11) is 0. The minimum Gasteiger partial charge on any atom is -0.338 e. The summed E-state index contributed by atoms with van der Waals surface area (Å²) in [5.74, 6) is -0.124. The largest absolute Gasteiger partial charge is 0.438 e. The van der Waals surface area contributed by atoms with Crippen LogP contribution in [0.5, 0.6) is 0 Å². The number of aromatic nitrogens is 2. The molecule has 3 rings (SSSR count). The molecule has 43 heavy (non-hydrogen) atoms. The second-order valence-corrected chi connectivity index (χ2v) is 11.9. The van der Waals surface area contributed by atoms with E-state index in [0.29, 0.717) is 50.7 Å². The first-order valence-corrected chi connectivity index (χ1v) is 16.8. The van der Waals surface area contributed by atoms with Crippen molar-refractivity contribution >= 4 is 17.7 Å². The Morgan fingerprint density at radius 1 is 0.744 bits per heavy atom. The first-order valence-electron chi connectivity index (χ1n) is 16.8. The van der Waals surface area contributed by atoms with Gasteiger partial charge >= 0.3 is 17.8 Å². The van der Waals surface area contributed by atoms with E-state index in [4.69, 9.17) is 0 Å². The fourth-order valence-electron chi connectivity index (χ4n) is 5.53. The van der Waals surface area contributed by atoms with E-state index in [1.807, 2.05) is 24.3 Å². The van der Waals surface area contributed by atoms with E-state index in [2.05, 4.69) is 32.2 Å². The molecule has 0 atom stereocenters. The molecule has 0 radical (unpaired) electrons. The number of H-pyrrole nitrogens is 1. The van der Waals surface area contributed by atoms with Gasteiger partial charge in [-0.15, -0.1) is 0 Å². The third-order valence-electron chi connectivity index (χ3n) is 8.22. The summed E-state index contributed by atoms with van der Waals surface area (Å²) in [6.45, 7) is 5.02. The van der Waals surface area contributed by atoms with Crippen LogP contribution in [0.25, 0.3) is 0 Å². The van der Waals surface area contributed by atoms with E-state index in [9.17, 15) is 14.4 Å². The summed E-state index contributed by atoms with van der Waals surface area (Å²) in [5.41, 5.74) is 1.61. The molecule has 10 nitrogen and oxygen atoms in total. The second-order valence-electron chi connectivity index (χ2n) is 11.9. The van der Waals surface area contributed by atoms with Gasteiger partial charge in [0.25, 0.3) is 0 Å². The van der Waals surface area contributed by atoms with Gasteiger partial charge in [0.1, 0.15) is 0 Å². The Labute approximate surface area is 257 Å². The van der Waals surface area contributed by atoms with Gasteiger partial charge in [0, 0.05) is 44.8 Å². The molecule has 1 aromatic heterocycles. The number of urea groups is 2. The van der Waals surface area contributed by atoms with E-state index in [1.165, 1.54) is 89.9 Å². The van der Waals surface area contributed by atoms with Crippen molar-refractivity contribution in [3.05, 3.63) is 46.2 Å². The molecule has 3 N–H and O–H groups in total. The second kappa shape index (κ2) is 20.6. The van der Waals surface area contributed by atoms with Gasteiger partial charge in [-0.25, -0.2) is 14.4 Å². The van der Waals surface area contributed by atoms with Gasteiger partial charge in [-0.2, -0.15) is 0 Å². The van der Waals surface area contributed by atoms with Crippen LogP contribution in [0.3, 0.4) is 0 Å². The number of rotatable bonds is 20. The number of nitrogens with one attached hydrogen (secondary N) is 3. The number of unbranched alkanes of at least 4 members (excludes halogenated alkanes) is 15. The van der Waals surface area contributed by atoms with Crippen molar-refractivity contribution in [2.45, 2.75) is 116 Å². The first-order chi connectivity index (χ1) is 21.0. The summed E-state index contributed by atoms with van der Waals surface area (Å²) >= 11 is 0. The highest BCUT2D eigenvalue weighted by molar-refractivity contribution is 5.89. The van der Waals surface area contributed by atoms with Gasteiger partial charge in [-0.05, 0) is 24.1 Å². The third kappa shape index (κ3) is 14.1. The molecule has 2 aromatic rings. The van der Waals surface area contributed by atoms with Crippen LogP contribution in [0, 0.1) is 0 Å². The minimum atomic E-state index is -0.577. The normalized spacial score (nSPS) is 13.3. The predicted molar refractivity (Wildman–Crippen MR) is 171 cm³/mol. The lowest BCUT2D eigenvalue weighted by atomic mass is 10.0. The summed E-state index contributed by atoms with van der Waals surface area (Å²) in [6.07, 6.45) is 21.8. The molecule has 240 valence electrons. The van der Waals surface area contributed by atoms with Crippen LogP contribution in [-0.4, -0.2) is 64.7 Å². The van der Waals surface area contributed by atoms with Crippen molar-refractivity contribution in [2.75, 3.05) is 38.0 Å². The van der Waals surface area contributed by atoms with Crippen molar-refractivity contribution in [2.24, 2.45) is 0 Å². The Morgan fingerprint density at radius 3 is 1.72 bits per heavy atom. The molecule has 0 bridgehead atoms. The average molecular weight is 599 g/mol. The van der Waals surface area contributed by atoms with Gasteiger partial charge in [0.15, 0.2) is 5.82 Å². The zero-order valence-electron chi connectivity index (χ0n) is 26.3. The van der Waals surface area contributed by atoms with Gasteiger partial charge in [0.2, 0.25) is 0 Å². The molecule has 1 aliphatic heterocycles. The Hall–Kier alpha value is -3.30. The summed E-state index contributed by atoms with van der Waals surface area (Å²) in [5, 5.41) is 9.62. The zero-order chi connectivity index (χ0) is 30.5. The Morgan fingerprint density at radius 2 is 1.23 bits per heavy atom. The van der Waals surface area contributed by atoms with Crippen LogP contribution in [0.1, 0.15) is 121 Å². The van der Waals surface area contributed by atoms with Crippen LogP contribution >= 0.6 is 0 Å². The fourth-order valence-corrected chi connectivity index (χ4v) is 5.53. The lowest BCUT2D eigenvalue weighted by molar-refractivity contribution is 0.149. The molecule has 2 heterocycles. The number of hydrogen-bond acceptors (Lipinski definition) is 5. The van der Waals surface area contributed by atoms with Crippen LogP contribution in [0.15, 0.2) is 33.6 Å². The van der Waals surface area contributed by atoms with E-state index in [-0.39, 0.29) is 12.1 Å². The number of amides is 4. The number of aromatic amines is 1. The number of anilines is 1. The van der Waals surface area contributed by atoms with E-state index >= 15 is 0 Å². The molecule has 0 spiro atoms.